The zero-order valence-corrected chi connectivity index (χ0v) is 21.1. The number of aliphatic hydroxyl groups is 1. The number of fused-ring (bicyclic) bond motifs is 5. The molecule has 4 rings (SSSR count). The van der Waals surface area contributed by atoms with Crippen LogP contribution in [0.2, 0.25) is 0 Å². The first kappa shape index (κ1) is 26.0. The molecule has 2 nitrogen and oxygen atoms in total. The maximum atomic E-state index is 12.1. The molecule has 0 aromatic carbocycles. The van der Waals surface area contributed by atoms with Gasteiger partial charge >= 0.3 is 0 Å². The van der Waals surface area contributed by atoms with E-state index in [0.29, 0.717) is 34.9 Å². The topological polar surface area (TPSA) is 37.3 Å². The largest absolute Gasteiger partial charge is 0.393 e. The lowest BCUT2D eigenvalue weighted by atomic mass is 9.46. The highest BCUT2D eigenvalue weighted by Crippen LogP contribution is 2.67. The molecule has 0 amide bonds. The van der Waals surface area contributed by atoms with Gasteiger partial charge in [-0.3, -0.25) is 4.79 Å². The molecular weight excluding hydrogens is 392 g/mol. The first-order valence-corrected chi connectivity index (χ1v) is 13.5. The molecule has 3 saturated carbocycles. The Morgan fingerprint density at radius 2 is 1.75 bits per heavy atom. The van der Waals surface area contributed by atoms with Crippen LogP contribution in [0.3, 0.4) is 0 Å². The molecule has 0 heterocycles. The molecule has 0 aromatic heterocycles. The monoisotopic (exact) mass is 444 g/mol. The highest BCUT2D eigenvalue weighted by atomic mass is 16.3. The number of carbonyl (C=O) groups excluding carboxylic acids is 1. The Bertz CT molecular complexity index is 708. The summed E-state index contributed by atoms with van der Waals surface area (Å²) in [7, 11) is 0. The smallest absolute Gasteiger partial charge is 0.155 e. The predicted molar refractivity (Wildman–Crippen MR) is 135 cm³/mol. The van der Waals surface area contributed by atoms with E-state index < -0.39 is 0 Å². The van der Waals surface area contributed by atoms with Crippen LogP contribution in [-0.4, -0.2) is 17.0 Å². The van der Waals surface area contributed by atoms with E-state index in [1.54, 1.807) is 0 Å². The summed E-state index contributed by atoms with van der Waals surface area (Å²) >= 11 is 0. The van der Waals surface area contributed by atoms with Crippen molar-refractivity contribution in [3.63, 3.8) is 0 Å². The highest BCUT2D eigenvalue weighted by Gasteiger charge is 2.59. The fraction of sp³-hybridized carbons (Fsp3) is 0.900. The average molecular weight is 445 g/mol. The van der Waals surface area contributed by atoms with Gasteiger partial charge in [0.2, 0.25) is 0 Å². The number of rotatable bonds is 6. The molecule has 0 spiro atoms. The average Bonchev–Trinajstić information content (AvgIpc) is 3.08. The van der Waals surface area contributed by atoms with Crippen LogP contribution >= 0.6 is 0 Å². The lowest BCUT2D eigenvalue weighted by Gasteiger charge is -2.58. The molecule has 0 aliphatic heterocycles. The number of hydrogen-bond donors (Lipinski definition) is 1. The molecule has 184 valence electrons. The van der Waals surface area contributed by atoms with Crippen LogP contribution < -0.4 is 0 Å². The number of hydrogen-bond acceptors (Lipinski definition) is 2. The quantitative estimate of drug-likeness (QED) is 0.453. The second-order valence-corrected chi connectivity index (χ2v) is 12.8. The minimum atomic E-state index is -0.159. The molecule has 0 bridgehead atoms. The lowest BCUT2D eigenvalue weighted by molar-refractivity contribution is -0.117. The van der Waals surface area contributed by atoms with Gasteiger partial charge in [-0.05, 0) is 110 Å². The Balaban J connectivity index is 0.00000289. The first-order valence-electron chi connectivity index (χ1n) is 13.5. The van der Waals surface area contributed by atoms with Gasteiger partial charge in [-0.1, -0.05) is 61.0 Å². The van der Waals surface area contributed by atoms with E-state index in [4.69, 9.17) is 0 Å². The molecule has 4 aliphatic carbocycles. The van der Waals surface area contributed by atoms with Crippen LogP contribution in [-0.2, 0) is 4.79 Å². The normalized spacial score (nSPS) is 41.6. The fourth-order valence-corrected chi connectivity index (χ4v) is 9.17. The predicted octanol–water partition coefficient (Wildman–Crippen LogP) is 7.84. The molecule has 1 N–H and O–H groups in total. The second-order valence-electron chi connectivity index (χ2n) is 12.8. The van der Waals surface area contributed by atoms with Crippen molar-refractivity contribution in [2.75, 3.05) is 0 Å². The fourth-order valence-electron chi connectivity index (χ4n) is 9.17. The summed E-state index contributed by atoms with van der Waals surface area (Å²) < 4.78 is 0. The Morgan fingerprint density at radius 1 is 1.03 bits per heavy atom. The molecule has 0 saturated heterocycles. The van der Waals surface area contributed by atoms with Gasteiger partial charge in [-0.25, -0.2) is 0 Å². The van der Waals surface area contributed by atoms with Crippen LogP contribution in [0.25, 0.3) is 0 Å². The van der Waals surface area contributed by atoms with Crippen molar-refractivity contribution >= 4 is 5.78 Å². The molecule has 9 atom stereocenters. The molecule has 4 aliphatic rings. The van der Waals surface area contributed by atoms with Crippen molar-refractivity contribution in [1.29, 1.82) is 0 Å². The van der Waals surface area contributed by atoms with E-state index >= 15 is 0 Å². The molecule has 3 fully saturated rings. The standard InChI is InChI=1S/C29H48O2.CH4/c1-7-20(18(2)3)16-27(31)19(4)24-10-11-25-23-9-8-21-17-22(30)12-14-28(21,5)26(23)13-15-29(24,25)6;/h17-20,23-27,31H,7-16H2,1-6H3;1H4/t19-,20?,23?,24?,25?,26?,27+,28?,29?;/m0./s1. The van der Waals surface area contributed by atoms with Crippen molar-refractivity contribution in [1.82, 2.24) is 0 Å². The van der Waals surface area contributed by atoms with E-state index in [2.05, 4.69) is 41.5 Å². The SMILES string of the molecule is C.CCC(C[C@@H](O)[C@@H](C)C1CCC2C3CCC4=CC(=O)CCC4(C)C3CCC21C)C(C)C. The summed E-state index contributed by atoms with van der Waals surface area (Å²) in [5.41, 5.74) is 2.14. The zero-order valence-electron chi connectivity index (χ0n) is 21.1. The van der Waals surface area contributed by atoms with Gasteiger partial charge in [0.1, 0.15) is 0 Å². The van der Waals surface area contributed by atoms with Gasteiger partial charge in [0.05, 0.1) is 6.10 Å². The summed E-state index contributed by atoms with van der Waals surface area (Å²) in [5.74, 6) is 5.12. The van der Waals surface area contributed by atoms with E-state index in [1.807, 2.05) is 6.08 Å². The van der Waals surface area contributed by atoms with E-state index in [9.17, 15) is 9.90 Å². The molecule has 7 unspecified atom stereocenters. The van der Waals surface area contributed by atoms with Crippen molar-refractivity contribution in [3.05, 3.63) is 11.6 Å². The van der Waals surface area contributed by atoms with Crippen molar-refractivity contribution < 1.29 is 9.90 Å². The molecule has 0 aromatic rings. The van der Waals surface area contributed by atoms with Gasteiger partial charge < -0.3 is 5.11 Å². The maximum Gasteiger partial charge on any atom is 0.155 e. The minimum absolute atomic E-state index is 0. The summed E-state index contributed by atoms with van der Waals surface area (Å²) in [6.07, 6.45) is 13.6. The Morgan fingerprint density at radius 3 is 2.41 bits per heavy atom. The third-order valence-electron chi connectivity index (χ3n) is 11.3. The van der Waals surface area contributed by atoms with Gasteiger partial charge in [0.15, 0.2) is 5.78 Å². The zero-order chi connectivity index (χ0) is 22.6. The summed E-state index contributed by atoms with van der Waals surface area (Å²) in [6, 6.07) is 0. The Hall–Kier alpha value is -0.630. The van der Waals surface area contributed by atoms with Crippen LogP contribution in [0.4, 0.5) is 0 Å². The summed E-state index contributed by atoms with van der Waals surface area (Å²) in [6.45, 7) is 14.3. The highest BCUT2D eigenvalue weighted by molar-refractivity contribution is 5.91. The van der Waals surface area contributed by atoms with Crippen molar-refractivity contribution in [2.24, 2.45) is 52.3 Å². The number of allylic oxidation sites excluding steroid dienone is 1. The van der Waals surface area contributed by atoms with Gasteiger partial charge in [-0.2, -0.15) is 0 Å². The lowest BCUT2D eigenvalue weighted by Crippen LogP contribution is -2.51. The van der Waals surface area contributed by atoms with E-state index in [0.717, 1.165) is 43.4 Å². The minimum Gasteiger partial charge on any atom is -0.393 e. The van der Waals surface area contributed by atoms with E-state index in [-0.39, 0.29) is 18.9 Å². The maximum absolute atomic E-state index is 12.1. The van der Waals surface area contributed by atoms with Crippen LogP contribution in [0.1, 0.15) is 113 Å². The summed E-state index contributed by atoms with van der Waals surface area (Å²) in [5, 5.41) is 11.2. The van der Waals surface area contributed by atoms with Gasteiger partial charge in [0, 0.05) is 6.42 Å². The molecular formula is C30H52O2. The van der Waals surface area contributed by atoms with Crippen LogP contribution in [0, 0.1) is 52.3 Å². The molecule has 32 heavy (non-hydrogen) atoms. The van der Waals surface area contributed by atoms with Crippen LogP contribution in [0.15, 0.2) is 11.6 Å². The van der Waals surface area contributed by atoms with Crippen LogP contribution in [0.5, 0.6) is 0 Å². The summed E-state index contributed by atoms with van der Waals surface area (Å²) in [4.78, 5) is 12.1. The van der Waals surface area contributed by atoms with Gasteiger partial charge in [0.25, 0.3) is 0 Å². The molecule has 2 heteroatoms. The number of carbonyl (C=O) groups is 1. The Labute approximate surface area is 199 Å². The first-order chi connectivity index (χ1) is 14.6. The second kappa shape index (κ2) is 9.55. The number of aliphatic hydroxyl groups excluding tert-OH is 1. The number of ketones is 1. The van der Waals surface area contributed by atoms with Crippen molar-refractivity contribution in [3.8, 4) is 0 Å². The molecule has 0 radical (unpaired) electrons. The third-order valence-corrected chi connectivity index (χ3v) is 11.3. The van der Waals surface area contributed by atoms with Crippen molar-refractivity contribution in [2.45, 2.75) is 119 Å². The van der Waals surface area contributed by atoms with Gasteiger partial charge in [-0.15, -0.1) is 0 Å². The van der Waals surface area contributed by atoms with E-state index in [1.165, 1.54) is 44.1 Å². The Kier molecular flexibility index (Phi) is 7.76. The third kappa shape index (κ3) is 4.16.